The van der Waals surface area contributed by atoms with E-state index >= 15 is 0 Å². The van der Waals surface area contributed by atoms with Crippen molar-refractivity contribution in [2.75, 3.05) is 24.5 Å². The van der Waals surface area contributed by atoms with Crippen molar-refractivity contribution >= 4 is 22.5 Å². The van der Waals surface area contributed by atoms with Gasteiger partial charge in [0.1, 0.15) is 0 Å². The molecule has 12 heteroatoms. The minimum absolute atomic E-state index is 0.00204. The number of fused-ring (bicyclic) bond motifs is 2. The molecule has 0 N–H and O–H groups in total. The number of piperidine rings is 1. The molecule has 0 aliphatic carbocycles. The molecule has 0 saturated carbocycles. The Kier molecular flexibility index (Phi) is 5.87. The first-order valence-electron chi connectivity index (χ1n) is 11.7. The standard InChI is InChI=1S/C24H25F5N6O/c1-14-12-33(19-5-7-30-18-11-15(23(2,25)26)3-4-17(18)19)8-6-16(14)21(36)34-9-10-35-20(13-34)31-32-22(35)24(27,28)29/h3-5,7,11,14,16H,6,8-10,12-13H2,1-2H3/t14-,16+/m1/s1. The molecule has 192 valence electrons. The second kappa shape index (κ2) is 8.67. The molecule has 7 nitrogen and oxygen atoms in total. The third-order valence-electron chi connectivity index (χ3n) is 7.11. The highest BCUT2D eigenvalue weighted by molar-refractivity contribution is 5.92. The number of aromatic nitrogens is 4. The molecular weight excluding hydrogens is 483 g/mol. The van der Waals surface area contributed by atoms with E-state index in [0.29, 0.717) is 25.0 Å². The molecule has 3 aromatic rings. The van der Waals surface area contributed by atoms with Crippen LogP contribution in [0.1, 0.15) is 37.5 Å². The number of rotatable bonds is 3. The van der Waals surface area contributed by atoms with Crippen molar-refractivity contribution < 1.29 is 26.7 Å². The average molecular weight is 508 g/mol. The fraction of sp³-hybridized carbons (Fsp3) is 0.500. The van der Waals surface area contributed by atoms with Crippen LogP contribution in [0, 0.1) is 11.8 Å². The highest BCUT2D eigenvalue weighted by Crippen LogP contribution is 2.36. The zero-order valence-corrected chi connectivity index (χ0v) is 19.8. The summed E-state index contributed by atoms with van der Waals surface area (Å²) in [6.45, 7) is 4.13. The van der Waals surface area contributed by atoms with Gasteiger partial charge in [-0.15, -0.1) is 10.2 Å². The summed E-state index contributed by atoms with van der Waals surface area (Å²) < 4.78 is 67.9. The van der Waals surface area contributed by atoms with Gasteiger partial charge in [-0.25, -0.2) is 8.78 Å². The highest BCUT2D eigenvalue weighted by atomic mass is 19.4. The quantitative estimate of drug-likeness (QED) is 0.489. The van der Waals surface area contributed by atoms with E-state index in [4.69, 9.17) is 0 Å². The molecule has 1 amide bonds. The lowest BCUT2D eigenvalue weighted by Crippen LogP contribution is -2.49. The van der Waals surface area contributed by atoms with E-state index in [1.165, 1.54) is 12.1 Å². The zero-order valence-electron chi connectivity index (χ0n) is 19.8. The predicted octanol–water partition coefficient (Wildman–Crippen LogP) is 4.46. The van der Waals surface area contributed by atoms with E-state index in [1.807, 2.05) is 13.0 Å². The van der Waals surface area contributed by atoms with Crippen molar-refractivity contribution in [2.45, 2.75) is 45.5 Å². The number of anilines is 1. The van der Waals surface area contributed by atoms with E-state index < -0.39 is 17.9 Å². The number of hydrogen-bond acceptors (Lipinski definition) is 5. The Labute approximate surface area is 203 Å². The Balaban J connectivity index is 1.30. The van der Waals surface area contributed by atoms with E-state index in [9.17, 15) is 26.7 Å². The number of nitrogens with zero attached hydrogens (tertiary/aromatic N) is 6. The first-order chi connectivity index (χ1) is 16.9. The topological polar surface area (TPSA) is 67.2 Å². The summed E-state index contributed by atoms with van der Waals surface area (Å²) in [4.78, 5) is 21.3. The molecule has 2 aliphatic rings. The molecule has 1 fully saturated rings. The number of benzene rings is 1. The highest BCUT2D eigenvalue weighted by Gasteiger charge is 2.41. The summed E-state index contributed by atoms with van der Waals surface area (Å²) in [5, 5.41) is 7.70. The maximum absolute atomic E-state index is 13.8. The van der Waals surface area contributed by atoms with Gasteiger partial charge in [0.05, 0.1) is 12.1 Å². The van der Waals surface area contributed by atoms with Crippen LogP contribution in [-0.4, -0.2) is 50.2 Å². The third-order valence-corrected chi connectivity index (χ3v) is 7.11. The summed E-state index contributed by atoms with van der Waals surface area (Å²) in [6.07, 6.45) is -2.43. The summed E-state index contributed by atoms with van der Waals surface area (Å²) in [5.74, 6) is -4.28. The fourth-order valence-corrected chi connectivity index (χ4v) is 5.20. The molecule has 4 heterocycles. The summed E-state index contributed by atoms with van der Waals surface area (Å²) in [7, 11) is 0. The van der Waals surface area contributed by atoms with Gasteiger partial charge in [-0.05, 0) is 24.5 Å². The van der Waals surface area contributed by atoms with Gasteiger partial charge in [0.25, 0.3) is 5.92 Å². The van der Waals surface area contributed by atoms with Gasteiger partial charge in [-0.1, -0.05) is 19.1 Å². The number of carbonyl (C=O) groups is 1. The molecule has 2 aliphatic heterocycles. The molecule has 0 spiro atoms. The largest absolute Gasteiger partial charge is 0.451 e. The van der Waals surface area contributed by atoms with Crippen LogP contribution in [0.2, 0.25) is 0 Å². The van der Waals surface area contributed by atoms with Crippen LogP contribution in [0.15, 0.2) is 30.5 Å². The SMILES string of the molecule is C[C@@H]1CN(c2ccnc3cc(C(C)(F)F)ccc23)CC[C@@H]1C(=O)N1CCn2c(nnc2C(F)(F)F)C1. The zero-order chi connectivity index (χ0) is 25.8. The van der Waals surface area contributed by atoms with Crippen molar-refractivity contribution in [3.63, 3.8) is 0 Å². The van der Waals surface area contributed by atoms with Crippen LogP contribution >= 0.6 is 0 Å². The molecule has 2 aromatic heterocycles. The minimum atomic E-state index is -4.59. The second-order valence-electron chi connectivity index (χ2n) is 9.62. The van der Waals surface area contributed by atoms with Crippen LogP contribution in [0.4, 0.5) is 27.6 Å². The van der Waals surface area contributed by atoms with Gasteiger partial charge in [-0.3, -0.25) is 9.78 Å². The molecule has 1 aromatic carbocycles. The molecule has 0 unspecified atom stereocenters. The van der Waals surface area contributed by atoms with Crippen molar-refractivity contribution in [2.24, 2.45) is 11.8 Å². The van der Waals surface area contributed by atoms with E-state index in [2.05, 4.69) is 20.1 Å². The monoisotopic (exact) mass is 508 g/mol. The van der Waals surface area contributed by atoms with Gasteiger partial charge < -0.3 is 14.4 Å². The van der Waals surface area contributed by atoms with Gasteiger partial charge in [-0.2, -0.15) is 13.2 Å². The predicted molar refractivity (Wildman–Crippen MR) is 121 cm³/mol. The Morgan fingerprint density at radius 2 is 1.83 bits per heavy atom. The first-order valence-corrected chi connectivity index (χ1v) is 11.7. The third kappa shape index (κ3) is 4.37. The Morgan fingerprint density at radius 3 is 2.53 bits per heavy atom. The molecule has 0 bridgehead atoms. The summed E-state index contributed by atoms with van der Waals surface area (Å²) in [5.41, 5.74) is 1.25. The van der Waals surface area contributed by atoms with Crippen molar-refractivity contribution in [3.8, 4) is 0 Å². The lowest BCUT2D eigenvalue weighted by atomic mass is 9.85. The number of alkyl halides is 5. The Bertz CT molecular complexity index is 1300. The maximum atomic E-state index is 13.8. The molecule has 5 rings (SSSR count). The van der Waals surface area contributed by atoms with Crippen LogP contribution in [0.5, 0.6) is 0 Å². The van der Waals surface area contributed by atoms with E-state index in [0.717, 1.165) is 22.6 Å². The Hall–Kier alpha value is -3.31. The smallest absolute Gasteiger partial charge is 0.371 e. The van der Waals surface area contributed by atoms with Gasteiger partial charge in [0.15, 0.2) is 5.82 Å². The molecule has 1 saturated heterocycles. The van der Waals surface area contributed by atoms with E-state index in [-0.39, 0.29) is 48.8 Å². The van der Waals surface area contributed by atoms with Crippen LogP contribution in [-0.2, 0) is 30.0 Å². The lowest BCUT2D eigenvalue weighted by molar-refractivity contribution is -0.148. The lowest BCUT2D eigenvalue weighted by Gasteiger charge is -2.40. The summed E-state index contributed by atoms with van der Waals surface area (Å²) in [6, 6.07) is 6.31. The number of hydrogen-bond donors (Lipinski definition) is 0. The molecule has 36 heavy (non-hydrogen) atoms. The van der Waals surface area contributed by atoms with Gasteiger partial charge >= 0.3 is 6.18 Å². The number of amides is 1. The van der Waals surface area contributed by atoms with Crippen molar-refractivity contribution in [3.05, 3.63) is 47.7 Å². The number of carbonyl (C=O) groups excluding carboxylic acids is 1. The normalized spacial score (nSPS) is 21.1. The van der Waals surface area contributed by atoms with Crippen LogP contribution in [0.3, 0.4) is 0 Å². The van der Waals surface area contributed by atoms with E-state index in [1.54, 1.807) is 17.2 Å². The first kappa shape index (κ1) is 24.4. The van der Waals surface area contributed by atoms with Crippen molar-refractivity contribution in [1.82, 2.24) is 24.6 Å². The van der Waals surface area contributed by atoms with Crippen LogP contribution in [0.25, 0.3) is 10.9 Å². The minimum Gasteiger partial charge on any atom is -0.371 e. The number of halogens is 5. The fourth-order valence-electron chi connectivity index (χ4n) is 5.20. The molecule has 2 atom stereocenters. The maximum Gasteiger partial charge on any atom is 0.451 e. The van der Waals surface area contributed by atoms with Crippen LogP contribution < -0.4 is 4.90 Å². The number of pyridine rings is 1. The van der Waals surface area contributed by atoms with Crippen molar-refractivity contribution in [1.29, 1.82) is 0 Å². The van der Waals surface area contributed by atoms with Gasteiger partial charge in [0.2, 0.25) is 11.7 Å². The Morgan fingerprint density at radius 1 is 1.06 bits per heavy atom. The molecular formula is C24H25F5N6O. The van der Waals surface area contributed by atoms with Gasteiger partial charge in [0, 0.05) is 61.9 Å². The summed E-state index contributed by atoms with van der Waals surface area (Å²) >= 11 is 0. The molecule has 0 radical (unpaired) electrons. The second-order valence-corrected chi connectivity index (χ2v) is 9.62. The average Bonchev–Trinajstić information content (AvgIpc) is 3.26.